The van der Waals surface area contributed by atoms with E-state index in [1.54, 1.807) is 0 Å². The number of hydrogen-bond donors (Lipinski definition) is 0. The van der Waals surface area contributed by atoms with Crippen molar-refractivity contribution in [2.75, 3.05) is 0 Å². The van der Waals surface area contributed by atoms with Gasteiger partial charge in [0.25, 0.3) is 0 Å². The average molecular weight is 465 g/mol. The van der Waals surface area contributed by atoms with Gasteiger partial charge in [0.1, 0.15) is 11.5 Å². The lowest BCUT2D eigenvalue weighted by molar-refractivity contribution is 0.168. The van der Waals surface area contributed by atoms with Gasteiger partial charge < -0.3 is 9.05 Å². The smallest absolute Gasteiger partial charge is 0.325 e. The highest BCUT2D eigenvalue weighted by atomic mass is 31.2. The van der Waals surface area contributed by atoms with Crippen molar-refractivity contribution in [2.24, 2.45) is 17.3 Å². The number of allylic oxidation sites excluding steroid dienone is 4. The topological polar surface area (TPSA) is 18.5 Å². The number of benzene rings is 2. The molecule has 1 aliphatic carbocycles. The summed E-state index contributed by atoms with van der Waals surface area (Å²) in [6.07, 6.45) is 4.37. The monoisotopic (exact) mass is 464 g/mol. The minimum absolute atomic E-state index is 0.0257. The van der Waals surface area contributed by atoms with E-state index in [9.17, 15) is 0 Å². The fourth-order valence-corrected chi connectivity index (χ4v) is 5.87. The summed E-state index contributed by atoms with van der Waals surface area (Å²) in [7, 11) is -1.34. The van der Waals surface area contributed by atoms with E-state index < -0.39 is 8.38 Å². The first-order valence-corrected chi connectivity index (χ1v) is 13.2. The minimum Gasteiger partial charge on any atom is -0.440 e. The largest absolute Gasteiger partial charge is 0.440 e. The molecule has 3 rings (SSSR count). The maximum absolute atomic E-state index is 6.84. The molecule has 2 aromatic carbocycles. The van der Waals surface area contributed by atoms with Crippen LogP contribution >= 0.6 is 8.38 Å². The molecule has 0 N–H and O–H groups in total. The van der Waals surface area contributed by atoms with E-state index in [0.29, 0.717) is 11.8 Å². The molecule has 3 heteroatoms. The van der Waals surface area contributed by atoms with E-state index in [1.165, 1.54) is 22.3 Å². The van der Waals surface area contributed by atoms with Gasteiger partial charge in [-0.1, -0.05) is 95.5 Å². The van der Waals surface area contributed by atoms with Crippen LogP contribution in [0.25, 0.3) is 0 Å². The second-order valence-electron chi connectivity index (χ2n) is 11.6. The van der Waals surface area contributed by atoms with Gasteiger partial charge in [0, 0.05) is 11.5 Å². The van der Waals surface area contributed by atoms with Crippen molar-refractivity contribution >= 4 is 13.7 Å². The van der Waals surface area contributed by atoms with Crippen LogP contribution in [0.4, 0.5) is 0 Å². The molecule has 0 heterocycles. The van der Waals surface area contributed by atoms with E-state index in [1.807, 2.05) is 0 Å². The summed E-state index contributed by atoms with van der Waals surface area (Å²) in [4.78, 5) is 0. The summed E-state index contributed by atoms with van der Waals surface area (Å²) in [5.41, 5.74) is 5.13. The Kier molecular flexibility index (Phi) is 7.49. The molecule has 0 amide bonds. The van der Waals surface area contributed by atoms with Crippen molar-refractivity contribution in [1.82, 2.24) is 0 Å². The highest BCUT2D eigenvalue weighted by molar-refractivity contribution is 7.56. The normalized spacial score (nSPS) is 20.1. The lowest BCUT2D eigenvalue weighted by Crippen LogP contribution is -2.32. The van der Waals surface area contributed by atoms with Crippen LogP contribution in [0.15, 0.2) is 65.9 Å². The Labute approximate surface area is 203 Å². The quantitative estimate of drug-likeness (QED) is 0.412. The summed E-state index contributed by atoms with van der Waals surface area (Å²) in [5.74, 6) is 2.64. The van der Waals surface area contributed by atoms with Gasteiger partial charge in [-0.15, -0.1) is 0 Å². The summed E-state index contributed by atoms with van der Waals surface area (Å²) < 4.78 is 13.6. The van der Waals surface area contributed by atoms with Crippen molar-refractivity contribution in [3.63, 3.8) is 0 Å². The fourth-order valence-electron chi connectivity index (χ4n) is 4.53. The van der Waals surface area contributed by atoms with Crippen LogP contribution in [0.1, 0.15) is 72.1 Å². The van der Waals surface area contributed by atoms with Crippen LogP contribution < -0.4 is 9.83 Å². The van der Waals surface area contributed by atoms with Gasteiger partial charge in [-0.3, -0.25) is 0 Å². The average Bonchev–Trinajstić information content (AvgIpc) is 2.70. The highest BCUT2D eigenvalue weighted by Crippen LogP contribution is 2.50. The van der Waals surface area contributed by atoms with Gasteiger partial charge in [-0.2, -0.15) is 0 Å². The molecule has 0 saturated heterocycles. The molecule has 0 saturated carbocycles. The third-order valence-corrected chi connectivity index (χ3v) is 7.98. The zero-order valence-electron chi connectivity index (χ0n) is 22.1. The van der Waals surface area contributed by atoms with Gasteiger partial charge in [-0.25, -0.2) is 0 Å². The van der Waals surface area contributed by atoms with Crippen molar-refractivity contribution in [3.05, 3.63) is 82.6 Å². The lowest BCUT2D eigenvalue weighted by Gasteiger charge is -2.40. The van der Waals surface area contributed by atoms with Gasteiger partial charge in [0.05, 0.1) is 5.30 Å². The Balaban J connectivity index is 2.05. The molecule has 0 fully saturated rings. The molecule has 0 aromatic heterocycles. The molecule has 2 nitrogen and oxygen atoms in total. The molecular formula is C30H41O2P. The Bertz CT molecular complexity index is 1030. The predicted octanol–water partition coefficient (Wildman–Crippen LogP) is 8.78. The van der Waals surface area contributed by atoms with Crippen LogP contribution in [-0.4, -0.2) is 0 Å². The molecule has 0 bridgehead atoms. The SMILES string of the molecule is CC1=CC=C(OP(Oc2ccc(C)cc2C(C)(C)C)c2ccc(C)cc2)C(C(C)(C)C)[C@@H]1C. The van der Waals surface area contributed by atoms with Crippen LogP contribution in [-0.2, 0) is 9.94 Å². The zero-order chi connectivity index (χ0) is 24.6. The summed E-state index contributed by atoms with van der Waals surface area (Å²) in [5, 5.41) is 1.09. The number of rotatable bonds is 5. The molecule has 33 heavy (non-hydrogen) atoms. The van der Waals surface area contributed by atoms with Gasteiger partial charge in [-0.05, 0) is 61.8 Å². The van der Waals surface area contributed by atoms with E-state index in [2.05, 4.69) is 124 Å². The van der Waals surface area contributed by atoms with Crippen molar-refractivity contribution < 1.29 is 9.05 Å². The minimum atomic E-state index is -1.34. The first-order chi connectivity index (χ1) is 15.3. The first kappa shape index (κ1) is 25.6. The maximum atomic E-state index is 6.84. The molecule has 178 valence electrons. The summed E-state index contributed by atoms with van der Waals surface area (Å²) >= 11 is 0. The first-order valence-electron chi connectivity index (χ1n) is 12.0. The molecule has 3 atom stereocenters. The Morgan fingerprint density at radius 2 is 1.36 bits per heavy atom. The van der Waals surface area contributed by atoms with Crippen LogP contribution in [0.2, 0.25) is 0 Å². The van der Waals surface area contributed by atoms with Gasteiger partial charge in [0.2, 0.25) is 0 Å². The number of aryl methyl sites for hydroxylation is 2. The predicted molar refractivity (Wildman–Crippen MR) is 143 cm³/mol. The molecule has 1 aliphatic rings. The molecular weight excluding hydrogens is 423 g/mol. The molecule has 0 radical (unpaired) electrons. The van der Waals surface area contributed by atoms with E-state index in [-0.39, 0.29) is 10.8 Å². The maximum Gasteiger partial charge on any atom is 0.325 e. The third kappa shape index (κ3) is 6.10. The van der Waals surface area contributed by atoms with Crippen molar-refractivity contribution in [2.45, 2.75) is 74.7 Å². The molecule has 2 unspecified atom stereocenters. The zero-order valence-corrected chi connectivity index (χ0v) is 23.0. The lowest BCUT2D eigenvalue weighted by atomic mass is 9.69. The Morgan fingerprint density at radius 1 is 0.758 bits per heavy atom. The molecule has 2 aromatic rings. The van der Waals surface area contributed by atoms with Crippen molar-refractivity contribution in [3.8, 4) is 5.75 Å². The van der Waals surface area contributed by atoms with Crippen molar-refractivity contribution in [1.29, 1.82) is 0 Å². The van der Waals surface area contributed by atoms with Crippen LogP contribution in [0, 0.1) is 31.1 Å². The third-order valence-electron chi connectivity index (χ3n) is 6.53. The van der Waals surface area contributed by atoms with E-state index in [0.717, 1.165) is 16.8 Å². The van der Waals surface area contributed by atoms with Crippen LogP contribution in [0.5, 0.6) is 5.75 Å². The Morgan fingerprint density at radius 3 is 1.94 bits per heavy atom. The second-order valence-corrected chi connectivity index (χ2v) is 13.0. The van der Waals surface area contributed by atoms with Gasteiger partial charge in [0.15, 0.2) is 0 Å². The van der Waals surface area contributed by atoms with Gasteiger partial charge >= 0.3 is 8.38 Å². The second kappa shape index (κ2) is 9.67. The number of hydrogen-bond acceptors (Lipinski definition) is 2. The highest BCUT2D eigenvalue weighted by Gasteiger charge is 2.38. The molecule has 0 spiro atoms. The van der Waals surface area contributed by atoms with Crippen LogP contribution in [0.3, 0.4) is 0 Å². The van der Waals surface area contributed by atoms with E-state index in [4.69, 9.17) is 9.05 Å². The summed E-state index contributed by atoms with van der Waals surface area (Å²) in [6.45, 7) is 22.4. The van der Waals surface area contributed by atoms with E-state index >= 15 is 0 Å². The fraction of sp³-hybridized carbons (Fsp3) is 0.467. The summed E-state index contributed by atoms with van der Waals surface area (Å²) in [6, 6.07) is 15.0. The Hall–Kier alpha value is -2.05. The molecule has 0 aliphatic heterocycles. The standard InChI is InChI=1S/C30H41O2P/c1-20-11-15-24(16-12-20)33(31-26-17-13-21(2)19-25(26)29(5,6)7)32-27-18-14-22(3)23(4)28(27)30(8,9)10/h11-19,23,28H,1-10H3/t23-,28?,33?/m1/s1.